The number of nitrogens with zero attached hydrogens (tertiary/aromatic N) is 4. The third kappa shape index (κ3) is 5.70. The van der Waals surface area contributed by atoms with Crippen LogP contribution in [-0.4, -0.2) is 46.6 Å². The molecule has 0 bridgehead atoms. The Labute approximate surface area is 193 Å². The van der Waals surface area contributed by atoms with E-state index in [1.54, 1.807) is 12.1 Å². The van der Waals surface area contributed by atoms with Crippen molar-refractivity contribution in [2.24, 2.45) is 0 Å². The molecule has 0 aliphatic heterocycles. The number of halogens is 2. The minimum Gasteiger partial charge on any atom is -0.353 e. The molecule has 6 nitrogen and oxygen atoms in total. The highest BCUT2D eigenvalue weighted by molar-refractivity contribution is 5.92. The van der Waals surface area contributed by atoms with Crippen molar-refractivity contribution in [3.05, 3.63) is 76.2 Å². The zero-order valence-corrected chi connectivity index (χ0v) is 20.0. The van der Waals surface area contributed by atoms with Gasteiger partial charge in [-0.15, -0.1) is 0 Å². The van der Waals surface area contributed by atoms with Crippen molar-refractivity contribution in [2.75, 3.05) is 32.5 Å². The quantitative estimate of drug-likeness (QED) is 0.506. The molecule has 3 aromatic rings. The van der Waals surface area contributed by atoms with Crippen LogP contribution in [-0.2, 0) is 0 Å². The number of hydrogen-bond acceptors (Lipinski definition) is 5. The van der Waals surface area contributed by atoms with Crippen molar-refractivity contribution in [1.82, 2.24) is 19.4 Å². The Kier molecular flexibility index (Phi) is 8.99. The first kappa shape index (κ1) is 25.9. The van der Waals surface area contributed by atoms with Gasteiger partial charge in [0, 0.05) is 24.5 Å². The maximum Gasteiger partial charge on any atom is 0.256 e. The van der Waals surface area contributed by atoms with Gasteiger partial charge < -0.3 is 10.2 Å². The second kappa shape index (κ2) is 11.5. The van der Waals surface area contributed by atoms with Gasteiger partial charge in [0.2, 0.25) is 5.95 Å². The van der Waals surface area contributed by atoms with Gasteiger partial charge in [-0.1, -0.05) is 38.1 Å². The monoisotopic (exact) mass is 455 g/mol. The van der Waals surface area contributed by atoms with Crippen LogP contribution in [0.3, 0.4) is 0 Å². The maximum absolute atomic E-state index is 14.6. The van der Waals surface area contributed by atoms with E-state index in [1.807, 2.05) is 46.7 Å². The van der Waals surface area contributed by atoms with Crippen LogP contribution in [0.4, 0.5) is 14.7 Å². The highest BCUT2D eigenvalue weighted by Crippen LogP contribution is 2.28. The second-order valence-corrected chi connectivity index (χ2v) is 7.56. The number of aromatic nitrogens is 3. The molecule has 0 atom stereocenters. The van der Waals surface area contributed by atoms with Crippen LogP contribution >= 0.6 is 0 Å². The first-order chi connectivity index (χ1) is 15.7. The van der Waals surface area contributed by atoms with Gasteiger partial charge in [0.05, 0.1) is 5.69 Å². The summed E-state index contributed by atoms with van der Waals surface area (Å²) in [7, 11) is 3.87. The minimum absolute atomic E-state index is 0.106. The Hall–Kier alpha value is -3.39. The van der Waals surface area contributed by atoms with Crippen LogP contribution in [0.15, 0.2) is 53.4 Å². The Balaban J connectivity index is 0.00000187. The molecule has 8 heteroatoms. The molecule has 0 radical (unpaired) electrons. The third-order valence-electron chi connectivity index (χ3n) is 4.75. The largest absolute Gasteiger partial charge is 0.353 e. The number of fused-ring (bicyclic) bond motifs is 1. The number of nitrogens with one attached hydrogen (secondary N) is 1. The van der Waals surface area contributed by atoms with Crippen LogP contribution in [0.2, 0.25) is 0 Å². The highest BCUT2D eigenvalue weighted by Gasteiger charge is 2.20. The molecular formula is C25H31F2N5O. The molecular weight excluding hydrogens is 424 g/mol. The molecule has 0 saturated heterocycles. The summed E-state index contributed by atoms with van der Waals surface area (Å²) < 4.78 is 30.2. The average molecular weight is 456 g/mol. The Bertz CT molecular complexity index is 1210. The van der Waals surface area contributed by atoms with Gasteiger partial charge in [-0.05, 0) is 51.7 Å². The van der Waals surface area contributed by atoms with Gasteiger partial charge in [-0.3, -0.25) is 9.36 Å². The molecule has 0 aliphatic carbocycles. The van der Waals surface area contributed by atoms with E-state index in [4.69, 9.17) is 0 Å². The average Bonchev–Trinajstić information content (AvgIpc) is 2.76. The molecule has 0 aliphatic rings. The molecule has 0 saturated carbocycles. The number of pyridine rings is 1. The number of anilines is 1. The van der Waals surface area contributed by atoms with Gasteiger partial charge in [0.25, 0.3) is 5.56 Å². The molecule has 2 heterocycles. The molecule has 1 aromatic carbocycles. The van der Waals surface area contributed by atoms with E-state index in [9.17, 15) is 13.6 Å². The number of benzene rings is 1. The number of rotatable bonds is 7. The molecule has 2 aromatic heterocycles. The number of para-hydroxylation sites is 1. The summed E-state index contributed by atoms with van der Waals surface area (Å²) in [4.78, 5) is 23.8. The molecule has 33 heavy (non-hydrogen) atoms. The summed E-state index contributed by atoms with van der Waals surface area (Å²) in [5, 5.41) is 3.61. The predicted octanol–water partition coefficient (Wildman–Crippen LogP) is 5.04. The minimum atomic E-state index is -0.858. The fourth-order valence-electron chi connectivity index (χ4n) is 3.25. The SMILES string of the molecule is C=CC(=C(C)C)c1nc(NCCN(C)C)nc2c1ccc(=O)n2-c1c(F)cccc1F.CC. The van der Waals surface area contributed by atoms with Crippen molar-refractivity contribution in [1.29, 1.82) is 0 Å². The molecule has 0 fully saturated rings. The summed E-state index contributed by atoms with van der Waals surface area (Å²) in [6, 6.07) is 6.28. The van der Waals surface area contributed by atoms with E-state index in [2.05, 4.69) is 21.9 Å². The lowest BCUT2D eigenvalue weighted by molar-refractivity contribution is 0.425. The smallest absolute Gasteiger partial charge is 0.256 e. The van der Waals surface area contributed by atoms with Gasteiger partial charge in [0.15, 0.2) is 5.65 Å². The summed E-state index contributed by atoms with van der Waals surface area (Å²) in [5.74, 6) is -1.47. The van der Waals surface area contributed by atoms with E-state index >= 15 is 0 Å². The molecule has 0 unspecified atom stereocenters. The van der Waals surface area contributed by atoms with Crippen LogP contribution in [0.1, 0.15) is 33.4 Å². The van der Waals surface area contributed by atoms with Crippen LogP contribution < -0.4 is 10.9 Å². The second-order valence-electron chi connectivity index (χ2n) is 7.56. The lowest BCUT2D eigenvalue weighted by Crippen LogP contribution is -2.23. The van der Waals surface area contributed by atoms with Crippen LogP contribution in [0, 0.1) is 11.6 Å². The van der Waals surface area contributed by atoms with Crippen molar-refractivity contribution in [3.8, 4) is 5.69 Å². The summed E-state index contributed by atoms with van der Waals surface area (Å²) in [6.45, 7) is 13.0. The maximum atomic E-state index is 14.6. The van der Waals surface area contributed by atoms with Crippen molar-refractivity contribution < 1.29 is 8.78 Å². The zero-order valence-electron chi connectivity index (χ0n) is 20.0. The topological polar surface area (TPSA) is 63.1 Å². The van der Waals surface area contributed by atoms with E-state index in [0.29, 0.717) is 17.6 Å². The van der Waals surface area contributed by atoms with Crippen molar-refractivity contribution in [2.45, 2.75) is 27.7 Å². The summed E-state index contributed by atoms with van der Waals surface area (Å²) in [6.07, 6.45) is 1.67. The first-order valence-electron chi connectivity index (χ1n) is 10.8. The van der Waals surface area contributed by atoms with E-state index in [1.165, 1.54) is 12.1 Å². The number of likely N-dealkylation sites (N-methyl/N-ethyl adjacent to an activating group) is 1. The Morgan fingerprint density at radius 2 is 1.76 bits per heavy atom. The lowest BCUT2D eigenvalue weighted by Gasteiger charge is -2.16. The molecule has 3 rings (SSSR count). The van der Waals surface area contributed by atoms with E-state index in [0.717, 1.165) is 34.4 Å². The van der Waals surface area contributed by atoms with E-state index < -0.39 is 22.9 Å². The van der Waals surface area contributed by atoms with Crippen LogP contribution in [0.25, 0.3) is 22.3 Å². The van der Waals surface area contributed by atoms with Gasteiger partial charge >= 0.3 is 0 Å². The fraction of sp³-hybridized carbons (Fsp3) is 0.320. The molecule has 0 amide bonds. The Morgan fingerprint density at radius 1 is 1.12 bits per heavy atom. The van der Waals surface area contributed by atoms with Gasteiger partial charge in [0.1, 0.15) is 17.3 Å². The zero-order chi connectivity index (χ0) is 24.7. The first-order valence-corrected chi connectivity index (χ1v) is 10.8. The van der Waals surface area contributed by atoms with Gasteiger partial charge in [-0.25, -0.2) is 13.8 Å². The van der Waals surface area contributed by atoms with Crippen LogP contribution in [0.5, 0.6) is 0 Å². The fourth-order valence-corrected chi connectivity index (χ4v) is 3.25. The summed E-state index contributed by atoms with van der Waals surface area (Å²) >= 11 is 0. The van der Waals surface area contributed by atoms with E-state index in [-0.39, 0.29) is 11.6 Å². The summed E-state index contributed by atoms with van der Waals surface area (Å²) in [5.41, 5.74) is 1.26. The van der Waals surface area contributed by atoms with Gasteiger partial charge in [-0.2, -0.15) is 4.98 Å². The molecule has 176 valence electrons. The molecule has 0 spiro atoms. The lowest BCUT2D eigenvalue weighted by atomic mass is 10.0. The van der Waals surface area contributed by atoms with Crippen molar-refractivity contribution >= 4 is 22.6 Å². The number of allylic oxidation sites excluding steroid dienone is 3. The Morgan fingerprint density at radius 3 is 2.30 bits per heavy atom. The third-order valence-corrected chi connectivity index (χ3v) is 4.75. The van der Waals surface area contributed by atoms with Crippen molar-refractivity contribution in [3.63, 3.8) is 0 Å². The molecule has 1 N–H and O–H groups in total. The standard InChI is InChI=1S/C23H25F2N5O.C2H6/c1-6-15(14(2)3)20-16-10-11-19(31)30(21-17(24)8-7-9-18(21)25)22(16)28-23(27-20)26-12-13-29(4)5;1-2/h6-11H,1,12-13H2,2-5H3,(H,26,27,28);1-2H3. The highest BCUT2D eigenvalue weighted by atomic mass is 19.1. The predicted molar refractivity (Wildman–Crippen MR) is 132 cm³/mol. The number of hydrogen-bond donors (Lipinski definition) is 1. The normalized spacial score (nSPS) is 10.6.